The van der Waals surface area contributed by atoms with Gasteiger partial charge in [0.15, 0.2) is 0 Å². The molecule has 0 unspecified atom stereocenters. The van der Waals surface area contributed by atoms with Crippen LogP contribution < -0.4 is 0 Å². The fourth-order valence-electron chi connectivity index (χ4n) is 2.25. The average Bonchev–Trinajstić information content (AvgIpc) is 2.37. The minimum absolute atomic E-state index is 0.0842. The molecule has 3 heteroatoms. The van der Waals surface area contributed by atoms with Gasteiger partial charge in [0, 0.05) is 0 Å². The molecule has 0 fully saturated rings. The fraction of sp³-hybridized carbons (Fsp3) is 0.562. The maximum atomic E-state index is 10.9. The average molecular weight is 264 g/mol. The van der Waals surface area contributed by atoms with Crippen molar-refractivity contribution >= 4 is 5.97 Å². The first-order valence-electron chi connectivity index (χ1n) is 6.99. The minimum Gasteiger partial charge on any atom is -0.481 e. The summed E-state index contributed by atoms with van der Waals surface area (Å²) in [6.45, 7) is 4.79. The molecule has 1 aromatic carbocycles. The van der Waals surface area contributed by atoms with Gasteiger partial charge in [-0.1, -0.05) is 57.0 Å². The molecule has 1 rings (SSSR count). The van der Waals surface area contributed by atoms with Crippen LogP contribution in [0.25, 0.3) is 0 Å². The highest BCUT2D eigenvalue weighted by atomic mass is 16.5. The van der Waals surface area contributed by atoms with Crippen molar-refractivity contribution < 1.29 is 14.6 Å². The topological polar surface area (TPSA) is 46.5 Å². The van der Waals surface area contributed by atoms with Crippen LogP contribution in [-0.4, -0.2) is 17.2 Å². The number of rotatable bonds is 9. The van der Waals surface area contributed by atoms with Crippen LogP contribution in [0.15, 0.2) is 30.3 Å². The van der Waals surface area contributed by atoms with Gasteiger partial charge in [-0.15, -0.1) is 0 Å². The monoisotopic (exact) mass is 264 g/mol. The smallest absolute Gasteiger partial charge is 0.305 e. The second kappa shape index (κ2) is 8.70. The van der Waals surface area contributed by atoms with Gasteiger partial charge in [-0.25, -0.2) is 0 Å². The van der Waals surface area contributed by atoms with Gasteiger partial charge in [0.05, 0.1) is 19.1 Å². The van der Waals surface area contributed by atoms with Gasteiger partial charge in [-0.05, 0) is 17.9 Å². The Labute approximate surface area is 115 Å². The molecular weight excluding hydrogens is 240 g/mol. The first-order valence-corrected chi connectivity index (χ1v) is 6.99. The van der Waals surface area contributed by atoms with E-state index >= 15 is 0 Å². The summed E-state index contributed by atoms with van der Waals surface area (Å²) in [5.41, 5.74) is 1.08. The van der Waals surface area contributed by atoms with Crippen LogP contribution in [0.1, 0.15) is 45.1 Å². The molecule has 0 saturated heterocycles. The number of hydrogen-bond acceptors (Lipinski definition) is 2. The normalized spacial score (nSPS) is 14.0. The van der Waals surface area contributed by atoms with E-state index in [1.807, 2.05) is 30.3 Å². The van der Waals surface area contributed by atoms with Crippen molar-refractivity contribution in [1.29, 1.82) is 0 Å². The highest BCUT2D eigenvalue weighted by Gasteiger charge is 2.17. The molecule has 0 bridgehead atoms. The summed E-state index contributed by atoms with van der Waals surface area (Å²) >= 11 is 0. The number of ether oxygens (including phenoxy) is 1. The van der Waals surface area contributed by atoms with E-state index in [-0.39, 0.29) is 12.5 Å². The molecule has 0 aliphatic heterocycles. The Kier molecular flexibility index (Phi) is 7.19. The van der Waals surface area contributed by atoms with Crippen molar-refractivity contribution in [3.63, 3.8) is 0 Å². The van der Waals surface area contributed by atoms with Gasteiger partial charge in [0.25, 0.3) is 0 Å². The van der Waals surface area contributed by atoms with Crippen LogP contribution >= 0.6 is 0 Å². The lowest BCUT2D eigenvalue weighted by Gasteiger charge is -2.20. The van der Waals surface area contributed by atoms with Crippen LogP contribution in [0.2, 0.25) is 0 Å². The van der Waals surface area contributed by atoms with Gasteiger partial charge in [0.2, 0.25) is 0 Å². The van der Waals surface area contributed by atoms with Gasteiger partial charge in [-0.3, -0.25) is 4.79 Å². The maximum Gasteiger partial charge on any atom is 0.305 e. The molecule has 0 amide bonds. The van der Waals surface area contributed by atoms with Crippen LogP contribution in [0, 0.1) is 5.92 Å². The van der Waals surface area contributed by atoms with Gasteiger partial charge < -0.3 is 9.84 Å². The van der Waals surface area contributed by atoms with E-state index < -0.39 is 5.97 Å². The molecule has 0 saturated carbocycles. The fourth-order valence-corrected chi connectivity index (χ4v) is 2.25. The van der Waals surface area contributed by atoms with E-state index in [0.29, 0.717) is 12.5 Å². The number of carbonyl (C=O) groups is 1. The predicted octanol–water partition coefficient (Wildman–Crippen LogP) is 3.87. The van der Waals surface area contributed by atoms with Crippen LogP contribution in [0.4, 0.5) is 0 Å². The molecule has 1 aromatic rings. The van der Waals surface area contributed by atoms with E-state index in [2.05, 4.69) is 13.8 Å². The molecule has 2 atom stereocenters. The standard InChI is InChI=1S/C16H24O3/c1-3-7-13(2)10-15(11-16(17)18)19-12-14-8-5-4-6-9-14/h4-6,8-9,13,15H,3,7,10-12H2,1-2H3,(H,17,18)/t13-,15+/m1/s1. The van der Waals surface area contributed by atoms with Crippen molar-refractivity contribution in [2.75, 3.05) is 0 Å². The van der Waals surface area contributed by atoms with Crippen molar-refractivity contribution in [3.8, 4) is 0 Å². The highest BCUT2D eigenvalue weighted by molar-refractivity contribution is 5.67. The van der Waals surface area contributed by atoms with Gasteiger partial charge in [-0.2, -0.15) is 0 Å². The molecule has 0 aromatic heterocycles. The molecular formula is C16H24O3. The third-order valence-electron chi connectivity index (χ3n) is 3.18. The van der Waals surface area contributed by atoms with Gasteiger partial charge >= 0.3 is 5.97 Å². The van der Waals surface area contributed by atoms with Gasteiger partial charge in [0.1, 0.15) is 0 Å². The lowest BCUT2D eigenvalue weighted by atomic mass is 9.97. The third-order valence-corrected chi connectivity index (χ3v) is 3.18. The SMILES string of the molecule is CCC[C@@H](C)C[C@@H](CC(=O)O)OCc1ccccc1. The zero-order valence-electron chi connectivity index (χ0n) is 11.8. The Bertz CT molecular complexity index is 362. The maximum absolute atomic E-state index is 10.9. The van der Waals surface area contributed by atoms with E-state index in [1.54, 1.807) is 0 Å². The van der Waals surface area contributed by atoms with Crippen LogP contribution in [0.5, 0.6) is 0 Å². The van der Waals surface area contributed by atoms with Crippen molar-refractivity contribution in [1.82, 2.24) is 0 Å². The molecule has 0 spiro atoms. The van der Waals surface area contributed by atoms with Crippen LogP contribution in [0.3, 0.4) is 0 Å². The van der Waals surface area contributed by atoms with E-state index in [0.717, 1.165) is 24.8 Å². The van der Waals surface area contributed by atoms with Crippen LogP contribution in [-0.2, 0) is 16.1 Å². The number of benzene rings is 1. The zero-order valence-corrected chi connectivity index (χ0v) is 11.8. The number of hydrogen-bond donors (Lipinski definition) is 1. The highest BCUT2D eigenvalue weighted by Crippen LogP contribution is 2.18. The number of carboxylic acids is 1. The lowest BCUT2D eigenvalue weighted by molar-refractivity contribution is -0.140. The van der Waals surface area contributed by atoms with E-state index in [1.165, 1.54) is 0 Å². The first-order chi connectivity index (χ1) is 9.11. The Morgan fingerprint density at radius 1 is 1.32 bits per heavy atom. The largest absolute Gasteiger partial charge is 0.481 e. The lowest BCUT2D eigenvalue weighted by Crippen LogP contribution is -2.20. The Morgan fingerprint density at radius 2 is 2.00 bits per heavy atom. The quantitative estimate of drug-likeness (QED) is 0.736. The first kappa shape index (κ1) is 15.7. The van der Waals surface area contributed by atoms with E-state index in [9.17, 15) is 4.79 Å². The predicted molar refractivity (Wildman–Crippen MR) is 76.0 cm³/mol. The zero-order chi connectivity index (χ0) is 14.1. The van der Waals surface area contributed by atoms with Crippen molar-refractivity contribution in [3.05, 3.63) is 35.9 Å². The summed E-state index contributed by atoms with van der Waals surface area (Å²) in [4.78, 5) is 10.9. The molecule has 0 heterocycles. The Morgan fingerprint density at radius 3 is 2.58 bits per heavy atom. The molecule has 1 N–H and O–H groups in total. The Hall–Kier alpha value is -1.35. The summed E-state index contributed by atoms with van der Waals surface area (Å²) in [5, 5.41) is 8.94. The van der Waals surface area contributed by atoms with E-state index in [4.69, 9.17) is 9.84 Å². The molecule has 106 valence electrons. The molecule has 0 radical (unpaired) electrons. The minimum atomic E-state index is -0.790. The van der Waals surface area contributed by atoms with Crippen molar-refractivity contribution in [2.45, 2.75) is 52.2 Å². The summed E-state index contributed by atoms with van der Waals surface area (Å²) in [7, 11) is 0. The molecule has 0 aliphatic rings. The summed E-state index contributed by atoms with van der Waals surface area (Å²) in [6.07, 6.45) is 2.94. The summed E-state index contributed by atoms with van der Waals surface area (Å²) in [5.74, 6) is -0.285. The molecule has 19 heavy (non-hydrogen) atoms. The summed E-state index contributed by atoms with van der Waals surface area (Å²) in [6, 6.07) is 9.87. The number of aliphatic carboxylic acids is 1. The third kappa shape index (κ3) is 6.97. The second-order valence-electron chi connectivity index (χ2n) is 5.15. The Balaban J connectivity index is 2.47. The number of carboxylic acid groups (broad SMARTS) is 1. The summed E-state index contributed by atoms with van der Waals surface area (Å²) < 4.78 is 5.78. The molecule has 3 nitrogen and oxygen atoms in total. The van der Waals surface area contributed by atoms with Crippen molar-refractivity contribution in [2.24, 2.45) is 5.92 Å². The second-order valence-corrected chi connectivity index (χ2v) is 5.15. The molecule has 0 aliphatic carbocycles.